The predicted molar refractivity (Wildman–Crippen MR) is 67.6 cm³/mol. The van der Waals surface area contributed by atoms with Crippen molar-refractivity contribution in [3.8, 4) is 5.75 Å². The number of benzene rings is 1. The highest BCUT2D eigenvalue weighted by Crippen LogP contribution is 2.19. The third-order valence-corrected chi connectivity index (χ3v) is 2.85. The summed E-state index contributed by atoms with van der Waals surface area (Å²) < 4.78 is 13.0. The molecule has 2 aromatic rings. The maximum Gasteiger partial charge on any atom is 0.123 e. The van der Waals surface area contributed by atoms with Gasteiger partial charge >= 0.3 is 0 Å². The van der Waals surface area contributed by atoms with Crippen LogP contribution in [0.15, 0.2) is 42.7 Å². The first kappa shape index (κ1) is 12.5. The largest absolute Gasteiger partial charge is 0.508 e. The fraction of sp³-hybridized carbons (Fsp3) is 0.214. The van der Waals surface area contributed by atoms with Crippen LogP contribution < -0.4 is 5.32 Å². The summed E-state index contributed by atoms with van der Waals surface area (Å²) in [6, 6.07) is 7.89. The van der Waals surface area contributed by atoms with Crippen LogP contribution in [0.3, 0.4) is 0 Å². The molecule has 0 saturated heterocycles. The first-order chi connectivity index (χ1) is 8.66. The topological polar surface area (TPSA) is 45.1 Å². The molecule has 1 atom stereocenters. The van der Waals surface area contributed by atoms with Crippen LogP contribution in [0.1, 0.15) is 24.1 Å². The van der Waals surface area contributed by atoms with Crippen LogP contribution >= 0.6 is 0 Å². The zero-order chi connectivity index (χ0) is 13.0. The van der Waals surface area contributed by atoms with Gasteiger partial charge in [0.05, 0.1) is 0 Å². The van der Waals surface area contributed by atoms with Crippen LogP contribution in [-0.4, -0.2) is 10.1 Å². The van der Waals surface area contributed by atoms with E-state index in [2.05, 4.69) is 10.3 Å². The Labute approximate surface area is 105 Å². The van der Waals surface area contributed by atoms with Gasteiger partial charge in [-0.3, -0.25) is 4.98 Å². The molecule has 0 aliphatic rings. The number of nitrogens with one attached hydrogen (secondary N) is 1. The molecule has 0 aliphatic carbocycles. The minimum Gasteiger partial charge on any atom is -0.508 e. The third kappa shape index (κ3) is 3.05. The molecule has 0 unspecified atom stereocenters. The van der Waals surface area contributed by atoms with Gasteiger partial charge in [0.25, 0.3) is 0 Å². The van der Waals surface area contributed by atoms with E-state index in [0.29, 0.717) is 12.1 Å². The summed E-state index contributed by atoms with van der Waals surface area (Å²) in [5.41, 5.74) is 1.65. The SMILES string of the molecule is C[C@H](NCc1cc(F)ccc1O)c1ccncc1. The van der Waals surface area contributed by atoms with Crippen LogP contribution in [0.2, 0.25) is 0 Å². The Morgan fingerprint density at radius 2 is 2.00 bits per heavy atom. The van der Waals surface area contributed by atoms with Crippen molar-refractivity contribution in [2.75, 3.05) is 0 Å². The summed E-state index contributed by atoms with van der Waals surface area (Å²) in [6.07, 6.45) is 3.46. The van der Waals surface area contributed by atoms with Crippen molar-refractivity contribution in [3.05, 3.63) is 59.7 Å². The van der Waals surface area contributed by atoms with Gasteiger partial charge in [0, 0.05) is 30.5 Å². The van der Waals surface area contributed by atoms with Crippen LogP contribution in [0.25, 0.3) is 0 Å². The quantitative estimate of drug-likeness (QED) is 0.872. The Kier molecular flexibility index (Phi) is 3.89. The summed E-state index contributed by atoms with van der Waals surface area (Å²) in [6.45, 7) is 2.42. The number of nitrogens with zero attached hydrogens (tertiary/aromatic N) is 1. The average molecular weight is 246 g/mol. The number of hydrogen-bond acceptors (Lipinski definition) is 3. The molecular weight excluding hydrogens is 231 g/mol. The van der Waals surface area contributed by atoms with E-state index in [1.807, 2.05) is 19.1 Å². The molecule has 18 heavy (non-hydrogen) atoms. The first-order valence-corrected chi connectivity index (χ1v) is 5.77. The van der Waals surface area contributed by atoms with Gasteiger partial charge in [0.1, 0.15) is 11.6 Å². The van der Waals surface area contributed by atoms with Crippen molar-refractivity contribution in [1.29, 1.82) is 0 Å². The second-order valence-electron chi connectivity index (χ2n) is 4.16. The van der Waals surface area contributed by atoms with E-state index in [4.69, 9.17) is 0 Å². The van der Waals surface area contributed by atoms with Gasteiger partial charge in [-0.1, -0.05) is 0 Å². The minimum absolute atomic E-state index is 0.103. The van der Waals surface area contributed by atoms with Crippen molar-refractivity contribution in [3.63, 3.8) is 0 Å². The molecule has 0 bridgehead atoms. The van der Waals surface area contributed by atoms with Gasteiger partial charge < -0.3 is 10.4 Å². The third-order valence-electron chi connectivity index (χ3n) is 2.85. The fourth-order valence-electron chi connectivity index (χ4n) is 1.73. The maximum atomic E-state index is 13.0. The highest BCUT2D eigenvalue weighted by atomic mass is 19.1. The molecule has 0 fully saturated rings. The Hall–Kier alpha value is -1.94. The van der Waals surface area contributed by atoms with Gasteiger partial charge in [0.2, 0.25) is 0 Å². The second-order valence-corrected chi connectivity index (χ2v) is 4.16. The second kappa shape index (κ2) is 5.60. The van der Waals surface area contributed by atoms with Gasteiger partial charge in [-0.05, 0) is 42.8 Å². The van der Waals surface area contributed by atoms with E-state index in [-0.39, 0.29) is 17.6 Å². The van der Waals surface area contributed by atoms with Gasteiger partial charge in [-0.2, -0.15) is 0 Å². The predicted octanol–water partition coefficient (Wildman–Crippen LogP) is 2.78. The number of aromatic hydroxyl groups is 1. The molecule has 2 rings (SSSR count). The number of rotatable bonds is 4. The lowest BCUT2D eigenvalue weighted by Gasteiger charge is -2.14. The number of pyridine rings is 1. The Bertz CT molecular complexity index is 516. The fourth-order valence-corrected chi connectivity index (χ4v) is 1.73. The smallest absolute Gasteiger partial charge is 0.123 e. The van der Waals surface area contributed by atoms with E-state index < -0.39 is 0 Å². The lowest BCUT2D eigenvalue weighted by atomic mass is 10.1. The van der Waals surface area contributed by atoms with Gasteiger partial charge in [0.15, 0.2) is 0 Å². The van der Waals surface area contributed by atoms with Crippen LogP contribution in [-0.2, 0) is 6.54 Å². The highest BCUT2D eigenvalue weighted by Gasteiger charge is 2.07. The summed E-state index contributed by atoms with van der Waals surface area (Å²) in [5.74, 6) is -0.244. The monoisotopic (exact) mass is 246 g/mol. The van der Waals surface area contributed by atoms with Crippen LogP contribution in [0.5, 0.6) is 5.75 Å². The van der Waals surface area contributed by atoms with E-state index in [0.717, 1.165) is 5.56 Å². The Morgan fingerprint density at radius 1 is 1.28 bits per heavy atom. The van der Waals surface area contributed by atoms with E-state index in [1.54, 1.807) is 12.4 Å². The summed E-state index contributed by atoms with van der Waals surface area (Å²) in [4.78, 5) is 3.95. The van der Waals surface area contributed by atoms with E-state index in [1.165, 1.54) is 18.2 Å². The molecule has 94 valence electrons. The zero-order valence-electron chi connectivity index (χ0n) is 10.1. The molecular formula is C14H15FN2O. The van der Waals surface area contributed by atoms with Crippen molar-refractivity contribution in [2.24, 2.45) is 0 Å². The summed E-state index contributed by atoms with van der Waals surface area (Å²) in [7, 11) is 0. The highest BCUT2D eigenvalue weighted by molar-refractivity contribution is 5.32. The molecule has 1 heterocycles. The minimum atomic E-state index is -0.346. The molecule has 0 radical (unpaired) electrons. The summed E-state index contributed by atoms with van der Waals surface area (Å²) >= 11 is 0. The van der Waals surface area contributed by atoms with Gasteiger partial charge in [-0.25, -0.2) is 4.39 Å². The van der Waals surface area contributed by atoms with E-state index >= 15 is 0 Å². The molecule has 3 nitrogen and oxygen atoms in total. The van der Waals surface area contributed by atoms with E-state index in [9.17, 15) is 9.50 Å². The number of phenolic OH excluding ortho intramolecular Hbond substituents is 1. The number of halogens is 1. The average Bonchev–Trinajstić information content (AvgIpc) is 2.40. The van der Waals surface area contributed by atoms with Crippen molar-refractivity contribution < 1.29 is 9.50 Å². The molecule has 0 aliphatic heterocycles. The molecule has 4 heteroatoms. The molecule has 0 amide bonds. The van der Waals surface area contributed by atoms with Crippen molar-refractivity contribution >= 4 is 0 Å². The Morgan fingerprint density at radius 3 is 2.72 bits per heavy atom. The maximum absolute atomic E-state index is 13.0. The molecule has 1 aromatic heterocycles. The lowest BCUT2D eigenvalue weighted by molar-refractivity contribution is 0.457. The lowest BCUT2D eigenvalue weighted by Crippen LogP contribution is -2.18. The summed E-state index contributed by atoms with van der Waals surface area (Å²) in [5, 5.41) is 12.8. The molecule has 2 N–H and O–H groups in total. The molecule has 1 aromatic carbocycles. The Balaban J connectivity index is 2.01. The number of aromatic nitrogens is 1. The molecule has 0 spiro atoms. The van der Waals surface area contributed by atoms with Crippen molar-refractivity contribution in [1.82, 2.24) is 10.3 Å². The van der Waals surface area contributed by atoms with Crippen LogP contribution in [0.4, 0.5) is 4.39 Å². The number of phenols is 1. The standard InChI is InChI=1S/C14H15FN2O/c1-10(11-4-6-16-7-5-11)17-9-12-8-13(15)2-3-14(12)18/h2-8,10,17-18H,9H2,1H3/t10-/m0/s1. The first-order valence-electron chi connectivity index (χ1n) is 5.77. The number of hydrogen-bond donors (Lipinski definition) is 2. The zero-order valence-corrected chi connectivity index (χ0v) is 10.1. The van der Waals surface area contributed by atoms with Gasteiger partial charge in [-0.15, -0.1) is 0 Å². The van der Waals surface area contributed by atoms with Crippen LogP contribution in [0, 0.1) is 5.82 Å². The normalized spacial score (nSPS) is 12.3. The molecule has 0 saturated carbocycles. The van der Waals surface area contributed by atoms with Crippen molar-refractivity contribution in [2.45, 2.75) is 19.5 Å².